The number of benzene rings is 4. The number of carboxylic acids is 1. The topological polar surface area (TPSA) is 382 Å². The lowest BCUT2D eigenvalue weighted by Crippen LogP contribution is -2.51. The number of hydrogen-bond donors (Lipinski definition) is 9. The molecule has 0 radical (unpaired) electrons. The molecule has 2 aromatic heterocycles. The van der Waals surface area contributed by atoms with E-state index in [0.717, 1.165) is 109 Å². The summed E-state index contributed by atoms with van der Waals surface area (Å²) in [5.41, 5.74) is 16.8. The van der Waals surface area contributed by atoms with E-state index < -0.39 is 29.7 Å². The lowest BCUT2D eigenvalue weighted by atomic mass is 9.90. The predicted molar refractivity (Wildman–Crippen MR) is 447 cm³/mol. The summed E-state index contributed by atoms with van der Waals surface area (Å²) >= 11 is 3.40. The minimum Gasteiger partial charge on any atom is -0.496 e. The molecule has 13 rings (SSSR count). The summed E-state index contributed by atoms with van der Waals surface area (Å²) in [7, 11) is 1.50. The fourth-order valence-corrected chi connectivity index (χ4v) is 14.5. The number of rotatable bonds is 27. The number of carboxylic acid groups (broad SMARTS) is 1. The average Bonchev–Trinajstić information content (AvgIpc) is 1.74. The molecule has 4 aliphatic carbocycles. The van der Waals surface area contributed by atoms with Crippen molar-refractivity contribution in [3.05, 3.63) is 178 Å². The molecule has 6 aromatic rings. The zero-order valence-electron chi connectivity index (χ0n) is 65.9. The first kappa shape index (κ1) is 87.0. The molecule has 28 nitrogen and oxygen atoms in total. The Morgan fingerprint density at radius 3 is 1.63 bits per heavy atom. The summed E-state index contributed by atoms with van der Waals surface area (Å²) in [4.78, 5) is 99.4. The number of ketones is 1. The number of morpholine rings is 3. The number of aliphatic imine (C=N–C) groups is 1. The van der Waals surface area contributed by atoms with Crippen LogP contribution < -0.4 is 37.5 Å². The van der Waals surface area contributed by atoms with E-state index in [2.05, 4.69) is 85.3 Å². The van der Waals surface area contributed by atoms with Crippen molar-refractivity contribution in [2.45, 2.75) is 115 Å². The van der Waals surface area contributed by atoms with Crippen LogP contribution in [-0.2, 0) is 25.4 Å². The van der Waals surface area contributed by atoms with E-state index >= 15 is 0 Å². The van der Waals surface area contributed by atoms with Crippen LogP contribution in [0, 0.1) is 18.8 Å². The van der Waals surface area contributed by atoms with Crippen molar-refractivity contribution >= 4 is 86.8 Å². The van der Waals surface area contributed by atoms with Crippen LogP contribution >= 0.6 is 15.9 Å². The standard InChI is InChI=1S/C35H39N5O7.C28H27N5O5.C17H31N3O.C6H12BrNO/c1-3-24-19-28(30(41)18-22-6-8-25(9-7-22)33(36)39-44)27(20-31(24)45-2)26-10-11-29(34(42)37-21-23-4-5-23)38-32(26)35(43)47-17-14-40-12-15-46-16-13-40;1-3-17-13-22(26(34)31-19-8-6-18(7-9-19)25(29)33-38)21(12-15(17)2)20-10-11-23(32-24(20)28(36)37)27(35)30-14-16-4-5-16;1-3-7-15(8-4-1)18-17(20-11-13-21-14-12-20)19-16-9-5-2-6-10-16;7-1-2-8-3-5-9-6-4-8/h3,6-11,19-20,23,44H,1,4-5,12-18,21H2,2H3,(H2,36,39)(H,37,42);3,6-13,16,38H,1,4-5,14H2,2H3,(H2,29,33)(H,30,35)(H,31,34)(H,36,37);15-16H,1-14H2,(H,18,19);1-6H2. The van der Waals surface area contributed by atoms with Gasteiger partial charge in [0.1, 0.15) is 23.7 Å². The number of pyridine rings is 2. The van der Waals surface area contributed by atoms with Gasteiger partial charge in [-0.25, -0.2) is 24.5 Å². The number of aryl methyl sites for hydroxylation is 1. The first-order valence-electron chi connectivity index (χ1n) is 39.8. The number of ether oxygens (including phenoxy) is 5. The number of nitrogens with zero attached hydrogens (tertiary/aromatic N) is 8. The molecule has 0 spiro atoms. The Morgan fingerprint density at radius 2 is 1.10 bits per heavy atom. The smallest absolute Gasteiger partial charge is 0.357 e. The second-order valence-corrected chi connectivity index (χ2v) is 30.2. The lowest BCUT2D eigenvalue weighted by Gasteiger charge is -2.34. The predicted octanol–water partition coefficient (Wildman–Crippen LogP) is 11.1. The first-order chi connectivity index (χ1) is 55.9. The molecule has 0 unspecified atom stereocenters. The molecule has 4 aromatic carbocycles. The third kappa shape index (κ3) is 26.0. The van der Waals surface area contributed by atoms with E-state index in [1.807, 2.05) is 6.92 Å². The highest BCUT2D eigenvalue weighted by Crippen LogP contribution is 2.37. The van der Waals surface area contributed by atoms with Crippen molar-refractivity contribution in [2.24, 2.45) is 38.6 Å². The highest BCUT2D eigenvalue weighted by atomic mass is 79.9. The quantitative estimate of drug-likeness (QED) is 0.00440. The number of amides is 3. The van der Waals surface area contributed by atoms with Crippen molar-refractivity contribution in [3.63, 3.8) is 0 Å². The summed E-state index contributed by atoms with van der Waals surface area (Å²) in [6.07, 6.45) is 20.9. The van der Waals surface area contributed by atoms with E-state index in [-0.39, 0.29) is 64.4 Å². The minimum atomic E-state index is -1.33. The third-order valence-corrected chi connectivity index (χ3v) is 21.5. The molecule has 3 saturated heterocycles. The van der Waals surface area contributed by atoms with Gasteiger partial charge in [0, 0.05) is 128 Å². The van der Waals surface area contributed by atoms with Gasteiger partial charge >= 0.3 is 11.9 Å². The fraction of sp³-hybridized carbons (Fsp3) is 0.453. The number of anilines is 1. The Morgan fingerprint density at radius 1 is 0.600 bits per heavy atom. The van der Waals surface area contributed by atoms with Crippen LogP contribution in [0.4, 0.5) is 5.69 Å². The molecule has 4 saturated carbocycles. The van der Waals surface area contributed by atoms with Crippen LogP contribution in [0.5, 0.6) is 5.75 Å². The molecule has 5 heterocycles. The Bertz CT molecular complexity index is 4400. The molecule has 29 heteroatoms. The second kappa shape index (κ2) is 44.4. The number of oxime groups is 2. The Hall–Kier alpha value is -10.4. The molecule has 7 aliphatic rings. The summed E-state index contributed by atoms with van der Waals surface area (Å²) in [6.45, 7) is 22.8. The van der Waals surface area contributed by atoms with Gasteiger partial charge in [-0.1, -0.05) is 114 Å². The number of nitrogens with one attached hydrogen (secondary N) is 4. The normalized spacial score (nSPS) is 17.1. The highest BCUT2D eigenvalue weighted by molar-refractivity contribution is 9.09. The van der Waals surface area contributed by atoms with E-state index in [4.69, 9.17) is 50.6 Å². The number of carbonyl (C=O) groups is 6. The number of guanidine groups is 1. The monoisotopic (exact) mass is 1640 g/mol. The third-order valence-electron chi connectivity index (χ3n) is 21.1. The van der Waals surface area contributed by atoms with Crippen LogP contribution in [-0.4, -0.2) is 229 Å². The summed E-state index contributed by atoms with van der Waals surface area (Å²) in [5.74, 6) is -1.21. The van der Waals surface area contributed by atoms with Crippen LogP contribution in [0.3, 0.4) is 0 Å². The van der Waals surface area contributed by atoms with Crippen molar-refractivity contribution in [1.82, 2.24) is 40.6 Å². The number of hydrogen-bond acceptors (Lipinski definition) is 20. The van der Waals surface area contributed by atoms with E-state index in [1.54, 1.807) is 91.0 Å². The Balaban J connectivity index is 0.000000182. The van der Waals surface area contributed by atoms with Gasteiger partial charge in [-0.15, -0.1) is 0 Å². The first-order valence-corrected chi connectivity index (χ1v) is 40.9. The number of carbonyl (C=O) groups excluding carboxylic acids is 5. The van der Waals surface area contributed by atoms with Gasteiger partial charge in [0.2, 0.25) is 0 Å². The SMILES string of the molecule is BrCCN1CCOCC1.C1CCC(N=C(NC2CCCCC2)N2CCOCC2)CC1.C=Cc1cc(C(=O)Cc2ccc(/C(N)=N/O)cc2)c(-c2ccc(C(=O)NCC3CC3)nc2C(=O)OCCN2CCOCC2)cc1OC.C=Cc1cc(C(=O)Nc2ccc(/C(N)=N\O)cc2)c(-c2ccc(C(=O)NCC3CC3)nc2C(=O)O)cc1C. The highest BCUT2D eigenvalue weighted by Gasteiger charge is 2.30. The van der Waals surface area contributed by atoms with Gasteiger partial charge in [-0.3, -0.25) is 29.0 Å². The van der Waals surface area contributed by atoms with Crippen molar-refractivity contribution in [3.8, 4) is 28.0 Å². The molecular weight excluding hydrogens is 1530 g/mol. The van der Waals surface area contributed by atoms with Crippen LogP contribution in [0.1, 0.15) is 186 Å². The van der Waals surface area contributed by atoms with Crippen molar-refractivity contribution in [2.75, 3.05) is 129 Å². The number of Topliss-reactive ketones (excluding diaryl/α,β-unsaturated/α-hetero) is 1. The Kier molecular flexibility index (Phi) is 33.6. The molecule has 11 N–H and O–H groups in total. The number of amidine groups is 2. The second-order valence-electron chi connectivity index (χ2n) is 29.5. The largest absolute Gasteiger partial charge is 0.496 e. The number of aromatic nitrogens is 2. The maximum Gasteiger partial charge on any atom is 0.357 e. The molecule has 614 valence electrons. The number of methoxy groups -OCH3 is 1. The maximum atomic E-state index is 13.9. The van der Waals surface area contributed by atoms with Crippen molar-refractivity contribution < 1.29 is 68.0 Å². The summed E-state index contributed by atoms with van der Waals surface area (Å²) < 4.78 is 27.4. The molecular formula is C86H109BrN14O14. The number of aromatic carboxylic acids is 1. The molecule has 3 aliphatic heterocycles. The van der Waals surface area contributed by atoms with Crippen LogP contribution in [0.15, 0.2) is 126 Å². The number of halogens is 1. The average molecular weight is 1640 g/mol. The maximum absolute atomic E-state index is 13.9. The molecule has 0 atom stereocenters. The minimum absolute atomic E-state index is 0.0111. The van der Waals surface area contributed by atoms with Gasteiger partial charge in [0.25, 0.3) is 17.7 Å². The summed E-state index contributed by atoms with van der Waals surface area (Å²) in [5, 5.41) is 47.0. The fourth-order valence-electron chi connectivity index (χ4n) is 14.0. The number of nitrogens with two attached hydrogens (primary N) is 2. The zero-order chi connectivity index (χ0) is 81.6. The van der Waals surface area contributed by atoms with Gasteiger partial charge in [0.05, 0.1) is 52.8 Å². The van der Waals surface area contributed by atoms with E-state index in [1.165, 1.54) is 95.5 Å². The molecule has 3 amide bonds. The lowest BCUT2D eigenvalue weighted by molar-refractivity contribution is 0.0193. The van der Waals surface area contributed by atoms with Gasteiger partial charge in [-0.05, 0) is 171 Å². The molecule has 0 bridgehead atoms. The Labute approximate surface area is 680 Å². The van der Waals surface area contributed by atoms with Gasteiger partial charge in [0.15, 0.2) is 34.8 Å². The van der Waals surface area contributed by atoms with Gasteiger partial charge in [-0.2, -0.15) is 0 Å². The molecule has 7 fully saturated rings. The van der Waals surface area contributed by atoms with E-state index in [0.29, 0.717) is 118 Å². The summed E-state index contributed by atoms with van der Waals surface area (Å²) in [6, 6.07) is 27.0. The van der Waals surface area contributed by atoms with Crippen LogP contribution in [0.2, 0.25) is 0 Å². The zero-order valence-corrected chi connectivity index (χ0v) is 67.5. The van der Waals surface area contributed by atoms with Crippen LogP contribution in [0.25, 0.3) is 34.4 Å². The molecule has 115 heavy (non-hydrogen) atoms. The number of esters is 1. The van der Waals surface area contributed by atoms with Crippen molar-refractivity contribution in [1.29, 1.82) is 0 Å². The number of alkyl halides is 1. The van der Waals surface area contributed by atoms with Gasteiger partial charge < -0.3 is 76.8 Å². The van der Waals surface area contributed by atoms with E-state index in [9.17, 15) is 33.9 Å².